The van der Waals surface area contributed by atoms with Crippen LogP contribution >= 0.6 is 0 Å². The molecule has 2 aliphatic heterocycles. The number of nitrogens with zero attached hydrogens (tertiary/aromatic N) is 4. The Morgan fingerprint density at radius 1 is 0.721 bits per heavy atom. The van der Waals surface area contributed by atoms with E-state index in [0.717, 1.165) is 65.2 Å². The van der Waals surface area contributed by atoms with Crippen molar-refractivity contribution >= 4 is 28.9 Å². The molecule has 0 unspecified atom stereocenters. The molecular formula is C48H58N8O5. The number of H-pyrrole nitrogens is 2. The van der Waals surface area contributed by atoms with E-state index in [9.17, 15) is 14.4 Å². The van der Waals surface area contributed by atoms with Crippen LogP contribution in [0.2, 0.25) is 0 Å². The lowest BCUT2D eigenvalue weighted by Crippen LogP contribution is -2.51. The quantitative estimate of drug-likeness (QED) is 0.0912. The van der Waals surface area contributed by atoms with Crippen LogP contribution in [-0.2, 0) is 19.2 Å². The first-order valence-corrected chi connectivity index (χ1v) is 22.1. The van der Waals surface area contributed by atoms with E-state index < -0.39 is 18.2 Å². The first-order chi connectivity index (χ1) is 29.5. The Labute approximate surface area is 357 Å². The van der Waals surface area contributed by atoms with Crippen LogP contribution in [0.15, 0.2) is 60.8 Å². The second kappa shape index (κ2) is 16.7. The lowest BCUT2D eigenvalue weighted by molar-refractivity contribution is -0.140. The van der Waals surface area contributed by atoms with Crippen LogP contribution < -0.4 is 10.8 Å². The number of carbonyl (C=O) groups excluding carboxylic acids is 3. The smallest absolute Gasteiger partial charge is 0.407 e. The highest BCUT2D eigenvalue weighted by Gasteiger charge is 2.41. The van der Waals surface area contributed by atoms with E-state index in [0.29, 0.717) is 24.9 Å². The van der Waals surface area contributed by atoms with E-state index in [-0.39, 0.29) is 35.7 Å². The number of ether oxygens (including phenoxy) is 1. The number of hydrogen-bond donors (Lipinski definition) is 4. The zero-order chi connectivity index (χ0) is 42.5. The molecule has 4 N–H and O–H groups in total. The molecule has 320 valence electrons. The van der Waals surface area contributed by atoms with Gasteiger partial charge in [0.15, 0.2) is 0 Å². The highest BCUT2D eigenvalue weighted by Crippen LogP contribution is 2.58. The maximum Gasteiger partial charge on any atom is 0.407 e. The van der Waals surface area contributed by atoms with Crippen molar-refractivity contribution in [3.05, 3.63) is 83.6 Å². The predicted molar refractivity (Wildman–Crippen MR) is 234 cm³/mol. The fourth-order valence-electron chi connectivity index (χ4n) is 10.6. The number of alkyl carbamates (subject to hydrolysis) is 1. The number of amides is 3. The minimum Gasteiger partial charge on any atom is -0.453 e. The summed E-state index contributed by atoms with van der Waals surface area (Å²) >= 11 is 0. The maximum absolute atomic E-state index is 13.8. The average Bonchev–Trinajstić information content (AvgIpc) is 4.13. The first kappa shape index (κ1) is 40.9. The molecule has 2 bridgehead atoms. The number of carbonyl (C=O) groups is 3. The number of hydrogen-bond acceptors (Lipinski definition) is 8. The molecule has 4 aliphatic rings. The summed E-state index contributed by atoms with van der Waals surface area (Å²) in [7, 11) is 2.86. The Morgan fingerprint density at radius 2 is 1.31 bits per heavy atom. The van der Waals surface area contributed by atoms with Crippen LogP contribution in [0, 0.1) is 11.8 Å². The fourth-order valence-corrected chi connectivity index (χ4v) is 10.6. The van der Waals surface area contributed by atoms with Crippen molar-refractivity contribution in [2.24, 2.45) is 11.8 Å². The summed E-state index contributed by atoms with van der Waals surface area (Å²) in [5.41, 5.74) is 14.6. The molecule has 13 heteroatoms. The number of fused-ring (bicyclic) bond motifs is 6. The van der Waals surface area contributed by atoms with E-state index in [2.05, 4.69) is 75.4 Å². The number of nitrogens with one attached hydrogen (secondary N) is 4. The number of benzene rings is 3. The molecule has 4 heterocycles. The summed E-state index contributed by atoms with van der Waals surface area (Å²) in [6.07, 6.45) is 8.37. The van der Waals surface area contributed by atoms with Gasteiger partial charge in [0, 0.05) is 13.1 Å². The molecule has 5 aromatic rings. The van der Waals surface area contributed by atoms with E-state index in [1.54, 1.807) is 7.11 Å². The van der Waals surface area contributed by atoms with Crippen LogP contribution in [0.25, 0.3) is 44.5 Å². The summed E-state index contributed by atoms with van der Waals surface area (Å²) in [6.45, 7) is 9.21. The number of hydroxylamine groups is 1. The highest BCUT2D eigenvalue weighted by molar-refractivity contribution is 5.88. The Hall–Kier alpha value is -5.53. The second-order valence-electron chi connectivity index (χ2n) is 18.1. The van der Waals surface area contributed by atoms with Gasteiger partial charge in [-0.2, -0.15) is 5.48 Å². The summed E-state index contributed by atoms with van der Waals surface area (Å²) in [5, 5.41) is 2.74. The Kier molecular flexibility index (Phi) is 11.2. The number of aromatic amines is 2. The Balaban J connectivity index is 0.957. The van der Waals surface area contributed by atoms with Crippen molar-refractivity contribution in [2.75, 3.05) is 27.3 Å². The normalized spacial score (nSPS) is 21.8. The van der Waals surface area contributed by atoms with Gasteiger partial charge in [0.05, 0.1) is 49.2 Å². The van der Waals surface area contributed by atoms with Gasteiger partial charge in [0.2, 0.25) is 11.8 Å². The van der Waals surface area contributed by atoms with Crippen LogP contribution in [0.5, 0.6) is 0 Å². The van der Waals surface area contributed by atoms with Crippen LogP contribution in [-0.4, -0.2) is 87.0 Å². The van der Waals surface area contributed by atoms with Crippen LogP contribution in [0.3, 0.4) is 0 Å². The van der Waals surface area contributed by atoms with Gasteiger partial charge in [-0.15, -0.1) is 0 Å². The van der Waals surface area contributed by atoms with Gasteiger partial charge < -0.3 is 34.7 Å². The van der Waals surface area contributed by atoms with E-state index in [4.69, 9.17) is 19.5 Å². The van der Waals surface area contributed by atoms with Gasteiger partial charge in [-0.25, -0.2) is 14.8 Å². The maximum atomic E-state index is 13.8. The molecule has 6 atom stereocenters. The van der Waals surface area contributed by atoms with Crippen molar-refractivity contribution in [1.29, 1.82) is 0 Å². The molecule has 3 amide bonds. The summed E-state index contributed by atoms with van der Waals surface area (Å²) < 4.78 is 4.82. The number of likely N-dealkylation sites (tertiary alicyclic amines) is 2. The molecule has 0 spiro atoms. The van der Waals surface area contributed by atoms with Gasteiger partial charge in [-0.3, -0.25) is 9.59 Å². The van der Waals surface area contributed by atoms with E-state index in [1.165, 1.54) is 54.2 Å². The lowest BCUT2D eigenvalue weighted by Gasteiger charge is -2.29. The SMILES string of the molecule is CON[C@H](C(=O)N1CCC[C@H]1c1ncc(-c2ccc(-c3ccc(-c4ccc5[nH]c([C@@H]6CCCN6C(=O)[C@@H](NC(=O)OC)C(C)C)nc5c4)c4c3[C@@H]3CC[C@H]4C3)cc2)[nH]1)C(C)C. The van der Waals surface area contributed by atoms with Crippen LogP contribution in [0.4, 0.5) is 4.79 Å². The summed E-state index contributed by atoms with van der Waals surface area (Å²) in [5.74, 6) is 2.60. The zero-order valence-corrected chi connectivity index (χ0v) is 36.1. The minimum absolute atomic E-state index is 0.0404. The molecule has 2 aliphatic carbocycles. The third kappa shape index (κ3) is 7.49. The predicted octanol–water partition coefficient (Wildman–Crippen LogP) is 8.53. The minimum atomic E-state index is -0.679. The van der Waals surface area contributed by atoms with Crippen LogP contribution in [0.1, 0.15) is 119 Å². The highest BCUT2D eigenvalue weighted by atomic mass is 16.6. The van der Waals surface area contributed by atoms with E-state index >= 15 is 0 Å². The molecule has 13 nitrogen and oxygen atoms in total. The first-order valence-electron chi connectivity index (χ1n) is 22.1. The Bertz CT molecular complexity index is 2440. The molecule has 3 fully saturated rings. The van der Waals surface area contributed by atoms with Crippen molar-refractivity contribution in [3.63, 3.8) is 0 Å². The van der Waals surface area contributed by atoms with Crippen molar-refractivity contribution in [3.8, 4) is 33.5 Å². The Morgan fingerprint density at radius 3 is 1.93 bits per heavy atom. The van der Waals surface area contributed by atoms with Crippen molar-refractivity contribution < 1.29 is 24.0 Å². The molecule has 2 aromatic heterocycles. The van der Waals surface area contributed by atoms with Gasteiger partial charge in [0.1, 0.15) is 23.7 Å². The number of aromatic nitrogens is 4. The number of imidazole rings is 2. The van der Waals surface area contributed by atoms with Crippen molar-refractivity contribution in [2.45, 2.75) is 109 Å². The molecule has 3 aromatic carbocycles. The lowest BCUT2D eigenvalue weighted by atomic mass is 9.81. The largest absolute Gasteiger partial charge is 0.453 e. The number of methoxy groups -OCH3 is 1. The standard InChI is InChI=1S/C48H58N8O5/c1-26(2)42(53-48(59)60-5)46(57)56-22-8-10-39(56)45-50-35-20-17-30(24-36(35)51-45)34-19-18-33(40-31-15-16-32(23-31)41(34)40)28-11-13-29(14-12-28)37-25-49-44(52-37)38-9-7-21-55(38)47(58)43(27(3)4)54-61-6/h11-14,17-20,24-27,31-32,38-39,42-43,54H,7-10,15-16,21-23H2,1-6H3,(H,49,52)(H,50,51)(H,53,59)/t31-,32+,38+,39+,42+,43+/m1/s1. The van der Waals surface area contributed by atoms with Gasteiger partial charge in [-0.05, 0) is 120 Å². The summed E-state index contributed by atoms with van der Waals surface area (Å²) in [6, 6.07) is 18.6. The average molecular weight is 827 g/mol. The fraction of sp³-hybridized carbons (Fsp3) is 0.479. The third-order valence-corrected chi connectivity index (χ3v) is 13.7. The van der Waals surface area contributed by atoms with Crippen molar-refractivity contribution in [1.82, 2.24) is 40.5 Å². The molecule has 0 radical (unpaired) electrons. The zero-order valence-electron chi connectivity index (χ0n) is 36.1. The van der Waals surface area contributed by atoms with Gasteiger partial charge >= 0.3 is 6.09 Å². The molecule has 1 saturated carbocycles. The summed E-state index contributed by atoms with van der Waals surface area (Å²) in [4.78, 5) is 65.4. The number of rotatable bonds is 12. The van der Waals surface area contributed by atoms with Gasteiger partial charge in [-0.1, -0.05) is 70.2 Å². The van der Waals surface area contributed by atoms with Gasteiger partial charge in [0.25, 0.3) is 0 Å². The topological polar surface area (TPSA) is 158 Å². The molecule has 9 rings (SSSR count). The molecule has 61 heavy (non-hydrogen) atoms. The monoisotopic (exact) mass is 826 g/mol. The molecular weight excluding hydrogens is 769 g/mol. The molecule has 2 saturated heterocycles. The van der Waals surface area contributed by atoms with E-state index in [1.807, 2.05) is 43.7 Å². The second-order valence-corrected chi connectivity index (χ2v) is 18.1. The third-order valence-electron chi connectivity index (χ3n) is 13.7.